The zero-order valence-corrected chi connectivity index (χ0v) is 20.1. The van der Waals surface area contributed by atoms with E-state index >= 15 is 0 Å². The highest BCUT2D eigenvalue weighted by atomic mass is 16.5. The standard InChI is InChI=1S/C29H31N3O2/c1-20(2)22-11-13-25(14-12-22)34-16-15-31-27-10-5-4-9-26(27)30-29(31)23-18-28(33)32(19-23)24-8-6-7-21(3)17-24/h4-14,17,20,23H,15-16,18-19H2,1-3H3. The van der Waals surface area contributed by atoms with Gasteiger partial charge in [0.05, 0.1) is 17.6 Å². The summed E-state index contributed by atoms with van der Waals surface area (Å²) in [6.07, 6.45) is 0.467. The Morgan fingerprint density at radius 1 is 1.03 bits per heavy atom. The third-order valence-electron chi connectivity index (χ3n) is 6.62. The number of anilines is 1. The van der Waals surface area contributed by atoms with Crippen molar-refractivity contribution in [2.45, 2.75) is 45.6 Å². The van der Waals surface area contributed by atoms with Crippen LogP contribution in [0.25, 0.3) is 11.0 Å². The number of para-hydroxylation sites is 2. The molecule has 0 bridgehead atoms. The third kappa shape index (κ3) is 4.43. The monoisotopic (exact) mass is 453 g/mol. The van der Waals surface area contributed by atoms with Gasteiger partial charge in [-0.15, -0.1) is 0 Å². The van der Waals surface area contributed by atoms with Crippen LogP contribution in [-0.4, -0.2) is 28.6 Å². The number of hydrogen-bond acceptors (Lipinski definition) is 3. The topological polar surface area (TPSA) is 47.4 Å². The predicted octanol–water partition coefficient (Wildman–Crippen LogP) is 6.07. The molecule has 1 aliphatic rings. The second-order valence-electron chi connectivity index (χ2n) is 9.43. The van der Waals surface area contributed by atoms with E-state index in [0.29, 0.717) is 32.0 Å². The Kier molecular flexibility index (Phi) is 6.10. The Balaban J connectivity index is 1.36. The molecule has 1 amide bonds. The summed E-state index contributed by atoms with van der Waals surface area (Å²) in [5.74, 6) is 2.53. The van der Waals surface area contributed by atoms with Gasteiger partial charge in [-0.25, -0.2) is 4.98 Å². The molecule has 5 rings (SSSR count). The molecule has 0 spiro atoms. The highest BCUT2D eigenvalue weighted by Gasteiger charge is 2.34. The molecule has 174 valence electrons. The molecule has 1 fully saturated rings. The molecule has 1 aromatic heterocycles. The number of carbonyl (C=O) groups is 1. The lowest BCUT2D eigenvalue weighted by Crippen LogP contribution is -2.24. The minimum absolute atomic E-state index is 0.0470. The van der Waals surface area contributed by atoms with E-state index in [2.05, 4.69) is 55.7 Å². The molecule has 1 saturated heterocycles. The van der Waals surface area contributed by atoms with Gasteiger partial charge in [0.1, 0.15) is 18.2 Å². The maximum absolute atomic E-state index is 12.9. The smallest absolute Gasteiger partial charge is 0.227 e. The molecule has 3 aromatic carbocycles. The summed E-state index contributed by atoms with van der Waals surface area (Å²) in [5.41, 5.74) is 5.46. The second-order valence-corrected chi connectivity index (χ2v) is 9.43. The number of hydrogen-bond donors (Lipinski definition) is 0. The number of ether oxygens (including phenoxy) is 1. The van der Waals surface area contributed by atoms with Crippen molar-refractivity contribution < 1.29 is 9.53 Å². The van der Waals surface area contributed by atoms with E-state index in [0.717, 1.165) is 33.9 Å². The molecule has 5 nitrogen and oxygen atoms in total. The van der Waals surface area contributed by atoms with Crippen LogP contribution in [-0.2, 0) is 11.3 Å². The second kappa shape index (κ2) is 9.34. The number of aryl methyl sites for hydroxylation is 1. The van der Waals surface area contributed by atoms with Gasteiger partial charge in [0.25, 0.3) is 0 Å². The van der Waals surface area contributed by atoms with Crippen LogP contribution in [0.15, 0.2) is 72.8 Å². The third-order valence-corrected chi connectivity index (χ3v) is 6.62. The first-order valence-electron chi connectivity index (χ1n) is 12.0. The van der Waals surface area contributed by atoms with Crippen molar-refractivity contribution in [1.29, 1.82) is 0 Å². The molecule has 0 aliphatic carbocycles. The number of amides is 1. The van der Waals surface area contributed by atoms with E-state index in [4.69, 9.17) is 9.72 Å². The number of aromatic nitrogens is 2. The van der Waals surface area contributed by atoms with Crippen LogP contribution >= 0.6 is 0 Å². The van der Waals surface area contributed by atoms with Gasteiger partial charge in [-0.3, -0.25) is 4.79 Å². The Hall–Kier alpha value is -3.60. The van der Waals surface area contributed by atoms with Gasteiger partial charge in [-0.1, -0.05) is 50.2 Å². The number of benzene rings is 3. The van der Waals surface area contributed by atoms with E-state index in [1.807, 2.05) is 47.4 Å². The number of rotatable bonds is 7. The molecule has 2 heterocycles. The maximum Gasteiger partial charge on any atom is 0.227 e. The fourth-order valence-corrected chi connectivity index (χ4v) is 4.77. The van der Waals surface area contributed by atoms with Crippen LogP contribution < -0.4 is 9.64 Å². The number of imidazole rings is 1. The first-order chi connectivity index (χ1) is 16.5. The highest BCUT2D eigenvalue weighted by molar-refractivity contribution is 5.96. The van der Waals surface area contributed by atoms with E-state index in [1.165, 1.54) is 5.56 Å². The SMILES string of the molecule is Cc1cccc(N2CC(c3nc4ccccc4n3CCOc3ccc(C(C)C)cc3)CC2=O)c1. The number of carbonyl (C=O) groups excluding carboxylic acids is 1. The molecule has 1 unspecified atom stereocenters. The Bertz CT molecular complexity index is 1310. The lowest BCUT2D eigenvalue weighted by Gasteiger charge is -2.18. The molecule has 1 atom stereocenters. The van der Waals surface area contributed by atoms with Crippen molar-refractivity contribution in [1.82, 2.24) is 9.55 Å². The molecular weight excluding hydrogens is 422 g/mol. The molecule has 4 aromatic rings. The summed E-state index contributed by atoms with van der Waals surface area (Å²) < 4.78 is 8.31. The Labute approximate surface area is 201 Å². The van der Waals surface area contributed by atoms with E-state index in [1.54, 1.807) is 0 Å². The van der Waals surface area contributed by atoms with E-state index < -0.39 is 0 Å². The first-order valence-corrected chi connectivity index (χ1v) is 12.0. The fourth-order valence-electron chi connectivity index (χ4n) is 4.77. The van der Waals surface area contributed by atoms with Gasteiger partial charge in [0.15, 0.2) is 0 Å². The molecule has 0 N–H and O–H groups in total. The van der Waals surface area contributed by atoms with Crippen LogP contribution in [0.2, 0.25) is 0 Å². The average Bonchev–Trinajstić information content (AvgIpc) is 3.40. The largest absolute Gasteiger partial charge is 0.492 e. The minimum atomic E-state index is 0.0470. The van der Waals surface area contributed by atoms with Crippen molar-refractivity contribution in [2.75, 3.05) is 18.1 Å². The molecular formula is C29H31N3O2. The van der Waals surface area contributed by atoms with Gasteiger partial charge in [-0.05, 0) is 60.4 Å². The van der Waals surface area contributed by atoms with Gasteiger partial charge < -0.3 is 14.2 Å². The number of nitrogens with zero attached hydrogens (tertiary/aromatic N) is 3. The van der Waals surface area contributed by atoms with Gasteiger partial charge >= 0.3 is 0 Å². The van der Waals surface area contributed by atoms with Crippen molar-refractivity contribution in [2.24, 2.45) is 0 Å². The first kappa shape index (κ1) is 22.2. The lowest BCUT2D eigenvalue weighted by atomic mass is 10.0. The van der Waals surface area contributed by atoms with Crippen LogP contribution in [0.5, 0.6) is 5.75 Å². The molecule has 0 saturated carbocycles. The zero-order valence-electron chi connectivity index (χ0n) is 20.1. The molecule has 0 radical (unpaired) electrons. The quantitative estimate of drug-likeness (QED) is 0.341. The molecule has 34 heavy (non-hydrogen) atoms. The van der Waals surface area contributed by atoms with Gasteiger partial charge in [0, 0.05) is 24.6 Å². The fraction of sp³-hybridized carbons (Fsp3) is 0.310. The minimum Gasteiger partial charge on any atom is -0.492 e. The number of fused-ring (bicyclic) bond motifs is 1. The van der Waals surface area contributed by atoms with Crippen LogP contribution in [0, 0.1) is 6.92 Å². The maximum atomic E-state index is 12.9. The summed E-state index contributed by atoms with van der Waals surface area (Å²) in [7, 11) is 0. The van der Waals surface area contributed by atoms with E-state index in [-0.39, 0.29) is 11.8 Å². The zero-order chi connectivity index (χ0) is 23.7. The molecule has 1 aliphatic heterocycles. The summed E-state index contributed by atoms with van der Waals surface area (Å²) in [6, 6.07) is 24.6. The summed E-state index contributed by atoms with van der Waals surface area (Å²) in [5, 5.41) is 0. The van der Waals surface area contributed by atoms with Gasteiger partial charge in [-0.2, -0.15) is 0 Å². The Morgan fingerprint density at radius 2 is 1.82 bits per heavy atom. The normalized spacial score (nSPS) is 16.1. The lowest BCUT2D eigenvalue weighted by molar-refractivity contribution is -0.117. The summed E-state index contributed by atoms with van der Waals surface area (Å²) in [6.45, 7) is 8.29. The van der Waals surface area contributed by atoms with Crippen molar-refractivity contribution >= 4 is 22.6 Å². The Morgan fingerprint density at radius 3 is 2.59 bits per heavy atom. The summed E-state index contributed by atoms with van der Waals surface area (Å²) in [4.78, 5) is 19.8. The van der Waals surface area contributed by atoms with Crippen LogP contribution in [0.4, 0.5) is 5.69 Å². The van der Waals surface area contributed by atoms with Crippen molar-refractivity contribution in [3.8, 4) is 5.75 Å². The van der Waals surface area contributed by atoms with Crippen molar-refractivity contribution in [3.05, 3.63) is 89.7 Å². The summed E-state index contributed by atoms with van der Waals surface area (Å²) >= 11 is 0. The van der Waals surface area contributed by atoms with Gasteiger partial charge in [0.2, 0.25) is 5.91 Å². The van der Waals surface area contributed by atoms with Crippen molar-refractivity contribution in [3.63, 3.8) is 0 Å². The molecule has 5 heteroatoms. The predicted molar refractivity (Wildman–Crippen MR) is 137 cm³/mol. The average molecular weight is 454 g/mol. The van der Waals surface area contributed by atoms with Crippen LogP contribution in [0.3, 0.4) is 0 Å². The van der Waals surface area contributed by atoms with Crippen LogP contribution in [0.1, 0.15) is 49.1 Å². The van der Waals surface area contributed by atoms with E-state index in [9.17, 15) is 4.79 Å². The highest BCUT2D eigenvalue weighted by Crippen LogP contribution is 2.33.